The molecule has 1 fully saturated rings. The third-order valence-corrected chi connectivity index (χ3v) is 3.28. The van der Waals surface area contributed by atoms with E-state index in [0.29, 0.717) is 5.56 Å². The van der Waals surface area contributed by atoms with Gasteiger partial charge >= 0.3 is 0 Å². The van der Waals surface area contributed by atoms with Crippen LogP contribution in [0.1, 0.15) is 25.3 Å². The Hall–Kier alpha value is -1.29. The summed E-state index contributed by atoms with van der Waals surface area (Å²) in [7, 11) is 0. The Bertz CT molecular complexity index is 377. The summed E-state index contributed by atoms with van der Waals surface area (Å²) in [6.07, 6.45) is 1.79. The third kappa shape index (κ3) is 1.45. The number of phenols is 2. The standard InChI is InChI=1S/C11H14FNO2/c1-6(13)11(2-3-11)7-4-8(12)10(15)9(14)5-7/h4-6,14-15H,2-3,13H2,1H3. The van der Waals surface area contributed by atoms with Gasteiger partial charge in [0.2, 0.25) is 0 Å². The normalized spacial score (nSPS) is 19.9. The summed E-state index contributed by atoms with van der Waals surface area (Å²) in [6, 6.07) is 2.57. The lowest BCUT2D eigenvalue weighted by Gasteiger charge is -2.20. The minimum absolute atomic E-state index is 0.0826. The molecule has 1 atom stereocenters. The van der Waals surface area contributed by atoms with E-state index in [2.05, 4.69) is 0 Å². The molecule has 0 amide bonds. The van der Waals surface area contributed by atoms with Gasteiger partial charge in [0.15, 0.2) is 17.3 Å². The Morgan fingerprint density at radius 3 is 2.40 bits per heavy atom. The molecule has 0 heterocycles. The van der Waals surface area contributed by atoms with Crippen LogP contribution in [0.5, 0.6) is 11.5 Å². The van der Waals surface area contributed by atoms with Crippen molar-refractivity contribution in [3.8, 4) is 11.5 Å². The van der Waals surface area contributed by atoms with Crippen molar-refractivity contribution in [1.82, 2.24) is 0 Å². The smallest absolute Gasteiger partial charge is 0.194 e. The number of phenolic OH excluding ortho intramolecular Hbond substituents is 2. The molecule has 1 unspecified atom stereocenters. The van der Waals surface area contributed by atoms with Crippen molar-refractivity contribution in [1.29, 1.82) is 0 Å². The van der Waals surface area contributed by atoms with E-state index in [1.807, 2.05) is 6.92 Å². The van der Waals surface area contributed by atoms with Crippen LogP contribution in [-0.2, 0) is 5.41 Å². The molecule has 0 saturated heterocycles. The van der Waals surface area contributed by atoms with Gasteiger partial charge in [-0.3, -0.25) is 0 Å². The highest BCUT2D eigenvalue weighted by molar-refractivity contribution is 5.46. The molecule has 0 aliphatic heterocycles. The maximum Gasteiger partial charge on any atom is 0.194 e. The number of benzene rings is 1. The Morgan fingerprint density at radius 1 is 1.40 bits per heavy atom. The first kappa shape index (κ1) is 10.2. The Labute approximate surface area is 87.3 Å². The number of hydrogen-bond donors (Lipinski definition) is 3. The first-order chi connectivity index (χ1) is 6.97. The first-order valence-corrected chi connectivity index (χ1v) is 4.95. The number of halogens is 1. The van der Waals surface area contributed by atoms with E-state index >= 15 is 0 Å². The fourth-order valence-electron chi connectivity index (χ4n) is 2.01. The van der Waals surface area contributed by atoms with Crippen LogP contribution in [0.2, 0.25) is 0 Å². The summed E-state index contributed by atoms with van der Waals surface area (Å²) in [4.78, 5) is 0. The van der Waals surface area contributed by atoms with Gasteiger partial charge < -0.3 is 15.9 Å². The fraction of sp³-hybridized carbons (Fsp3) is 0.455. The lowest BCUT2D eigenvalue weighted by Crippen LogP contribution is -2.31. The Kier molecular flexibility index (Phi) is 2.12. The quantitative estimate of drug-likeness (QED) is 0.651. The predicted octanol–water partition coefficient (Wildman–Crippen LogP) is 1.62. The van der Waals surface area contributed by atoms with Gasteiger partial charge in [0, 0.05) is 11.5 Å². The lowest BCUT2D eigenvalue weighted by atomic mass is 9.89. The molecule has 0 bridgehead atoms. The minimum Gasteiger partial charge on any atom is -0.504 e. The van der Waals surface area contributed by atoms with Crippen LogP contribution in [0.3, 0.4) is 0 Å². The SMILES string of the molecule is CC(N)C1(c2cc(O)c(O)c(F)c2)CC1. The van der Waals surface area contributed by atoms with Gasteiger partial charge in [0.05, 0.1) is 0 Å². The van der Waals surface area contributed by atoms with Gasteiger partial charge in [-0.25, -0.2) is 4.39 Å². The number of aromatic hydroxyl groups is 2. The van der Waals surface area contributed by atoms with Gasteiger partial charge in [-0.05, 0) is 37.5 Å². The van der Waals surface area contributed by atoms with Crippen molar-refractivity contribution in [2.24, 2.45) is 5.73 Å². The van der Waals surface area contributed by atoms with Crippen LogP contribution in [0.4, 0.5) is 4.39 Å². The molecule has 1 saturated carbocycles. The van der Waals surface area contributed by atoms with E-state index in [1.165, 1.54) is 12.1 Å². The molecule has 1 aliphatic rings. The average Bonchev–Trinajstić information content (AvgIpc) is 2.93. The second-order valence-corrected chi connectivity index (χ2v) is 4.27. The largest absolute Gasteiger partial charge is 0.504 e. The molecule has 0 aromatic heterocycles. The van der Waals surface area contributed by atoms with Gasteiger partial charge in [-0.15, -0.1) is 0 Å². The minimum atomic E-state index is -0.795. The molecular weight excluding hydrogens is 197 g/mol. The molecule has 4 N–H and O–H groups in total. The summed E-state index contributed by atoms with van der Waals surface area (Å²) in [5.41, 5.74) is 6.29. The second kappa shape index (κ2) is 3.10. The zero-order valence-electron chi connectivity index (χ0n) is 8.50. The zero-order chi connectivity index (χ0) is 11.2. The van der Waals surface area contributed by atoms with Crippen molar-refractivity contribution in [2.75, 3.05) is 0 Å². The van der Waals surface area contributed by atoms with Crippen LogP contribution in [-0.4, -0.2) is 16.3 Å². The van der Waals surface area contributed by atoms with Crippen LogP contribution < -0.4 is 5.73 Å². The molecule has 4 heteroatoms. The van der Waals surface area contributed by atoms with Gasteiger partial charge in [-0.1, -0.05) is 0 Å². The maximum absolute atomic E-state index is 13.2. The highest BCUT2D eigenvalue weighted by Gasteiger charge is 2.48. The van der Waals surface area contributed by atoms with Gasteiger partial charge in [0.25, 0.3) is 0 Å². The number of rotatable bonds is 2. The third-order valence-electron chi connectivity index (χ3n) is 3.28. The summed E-state index contributed by atoms with van der Waals surface area (Å²) < 4.78 is 13.2. The average molecular weight is 211 g/mol. The molecule has 1 aliphatic carbocycles. The molecular formula is C11H14FNO2. The summed E-state index contributed by atoms with van der Waals surface area (Å²) in [5.74, 6) is -1.91. The second-order valence-electron chi connectivity index (χ2n) is 4.27. The fourth-order valence-corrected chi connectivity index (χ4v) is 2.01. The predicted molar refractivity (Wildman–Crippen MR) is 54.3 cm³/mol. The van der Waals surface area contributed by atoms with E-state index in [1.54, 1.807) is 0 Å². The highest BCUT2D eigenvalue weighted by Crippen LogP contribution is 2.51. The van der Waals surface area contributed by atoms with E-state index in [0.717, 1.165) is 12.8 Å². The molecule has 1 aromatic rings. The van der Waals surface area contributed by atoms with Crippen LogP contribution in [0.15, 0.2) is 12.1 Å². The molecule has 2 rings (SSSR count). The van der Waals surface area contributed by atoms with E-state index in [9.17, 15) is 9.50 Å². The van der Waals surface area contributed by atoms with Crippen LogP contribution in [0.25, 0.3) is 0 Å². The van der Waals surface area contributed by atoms with Gasteiger partial charge in [0.1, 0.15) is 0 Å². The van der Waals surface area contributed by atoms with Gasteiger partial charge in [-0.2, -0.15) is 0 Å². The summed E-state index contributed by atoms with van der Waals surface area (Å²) in [6.45, 7) is 1.87. The monoisotopic (exact) mass is 211 g/mol. The maximum atomic E-state index is 13.2. The molecule has 15 heavy (non-hydrogen) atoms. The van der Waals surface area contributed by atoms with Crippen LogP contribution >= 0.6 is 0 Å². The van der Waals surface area contributed by atoms with Crippen molar-refractivity contribution >= 4 is 0 Å². The number of hydrogen-bond acceptors (Lipinski definition) is 3. The molecule has 0 radical (unpaired) electrons. The van der Waals surface area contributed by atoms with E-state index < -0.39 is 17.3 Å². The molecule has 1 aromatic carbocycles. The zero-order valence-corrected chi connectivity index (χ0v) is 8.50. The number of nitrogens with two attached hydrogens (primary N) is 1. The van der Waals surface area contributed by atoms with Crippen LogP contribution in [0, 0.1) is 5.82 Å². The Balaban J connectivity index is 2.47. The molecule has 82 valence electrons. The summed E-state index contributed by atoms with van der Waals surface area (Å²) >= 11 is 0. The van der Waals surface area contributed by atoms with Crippen molar-refractivity contribution < 1.29 is 14.6 Å². The topological polar surface area (TPSA) is 66.5 Å². The Morgan fingerprint density at radius 2 is 2.00 bits per heavy atom. The molecule has 3 nitrogen and oxygen atoms in total. The van der Waals surface area contributed by atoms with Crippen molar-refractivity contribution in [3.63, 3.8) is 0 Å². The highest BCUT2D eigenvalue weighted by atomic mass is 19.1. The van der Waals surface area contributed by atoms with E-state index in [-0.39, 0.29) is 11.5 Å². The van der Waals surface area contributed by atoms with E-state index in [4.69, 9.17) is 10.8 Å². The van der Waals surface area contributed by atoms with Crippen molar-refractivity contribution in [2.45, 2.75) is 31.2 Å². The summed E-state index contributed by atoms with van der Waals surface area (Å²) in [5, 5.41) is 18.4. The van der Waals surface area contributed by atoms with Crippen molar-refractivity contribution in [3.05, 3.63) is 23.5 Å². The molecule has 0 spiro atoms. The first-order valence-electron chi connectivity index (χ1n) is 4.95. The lowest BCUT2D eigenvalue weighted by molar-refractivity contribution is 0.376.